The average molecular weight is 118 g/mol. The normalized spacial score (nSPS) is 19.2. The molecule has 3 heteroatoms. The Morgan fingerprint density at radius 3 is 2.80 bits per heavy atom. The lowest BCUT2D eigenvalue weighted by molar-refractivity contribution is 2.55. The van der Waals surface area contributed by atoms with Crippen LogP contribution in [0, 0.1) is 0 Å². The van der Waals surface area contributed by atoms with Crippen LogP contribution < -0.4 is 0 Å². The minimum Gasteiger partial charge on any atom is -0.190 e. The fourth-order valence-corrected chi connectivity index (χ4v) is 5.30. The molecule has 5 heavy (non-hydrogen) atoms. The molecule has 0 saturated carbocycles. The van der Waals surface area contributed by atoms with Crippen molar-refractivity contribution in [1.29, 1.82) is 0 Å². The Morgan fingerprint density at radius 1 is 1.60 bits per heavy atom. The summed E-state index contributed by atoms with van der Waals surface area (Å²) in [6.07, 6.45) is 0. The molecule has 1 aliphatic rings. The quantitative estimate of drug-likeness (QED) is 0.346. The first-order chi connectivity index (χ1) is 2.50. The minimum absolute atomic E-state index is 0.242. The van der Waals surface area contributed by atoms with Gasteiger partial charge in [-0.3, -0.25) is 0 Å². The van der Waals surface area contributed by atoms with Gasteiger partial charge in [0, 0.05) is 0 Å². The van der Waals surface area contributed by atoms with Crippen molar-refractivity contribution in [2.24, 2.45) is 0 Å². The molecule has 0 atom stereocenters. The molecule has 1 aliphatic heterocycles. The molecule has 0 spiro atoms. The first-order valence-electron chi connectivity index (χ1n) is 1.43. The molecule has 0 fully saturated rings. The summed E-state index contributed by atoms with van der Waals surface area (Å²) < 4.78 is 0. The highest BCUT2D eigenvalue weighted by Crippen LogP contribution is 2.25. The maximum atomic E-state index is 2.30. The standard InChI is InChI=1S/C2H3S2.Al.H/c1-2-4-3;;/h1-3H;;/q;+1;/p-1. The maximum absolute atomic E-state index is 2.30. The number of rotatable bonds is 0. The third kappa shape index (κ3) is 1.23. The lowest BCUT2D eigenvalue weighted by atomic mass is 11.2. The fourth-order valence-electron chi connectivity index (χ4n) is 0.196. The summed E-state index contributed by atoms with van der Waals surface area (Å²) in [6, 6.07) is 0. The second-order valence-electron chi connectivity index (χ2n) is 0.753. The summed E-state index contributed by atoms with van der Waals surface area (Å²) in [5, 5.41) is 2.18. The van der Waals surface area contributed by atoms with E-state index >= 15 is 0 Å². The van der Waals surface area contributed by atoms with Gasteiger partial charge in [-0.25, -0.2) is 0 Å². The highest BCUT2D eigenvalue weighted by atomic mass is 33.2. The van der Waals surface area contributed by atoms with E-state index in [-0.39, 0.29) is 14.1 Å². The second kappa shape index (κ2) is 2.20. The van der Waals surface area contributed by atoms with Crippen LogP contribution in [0.15, 0.2) is 10.3 Å². The molecule has 0 aromatic carbocycles. The van der Waals surface area contributed by atoms with Crippen LogP contribution in [0.3, 0.4) is 0 Å². The van der Waals surface area contributed by atoms with Gasteiger partial charge in [0.25, 0.3) is 0 Å². The highest BCUT2D eigenvalue weighted by Gasteiger charge is 1.91. The van der Waals surface area contributed by atoms with Crippen molar-refractivity contribution in [2.45, 2.75) is 0 Å². The van der Waals surface area contributed by atoms with Crippen LogP contribution in [0.5, 0.6) is 0 Å². The van der Waals surface area contributed by atoms with Gasteiger partial charge in [-0.05, 0) is 5.41 Å². The molecule has 0 N–H and O–H groups in total. The molecule has 0 aromatic heterocycles. The van der Waals surface area contributed by atoms with E-state index < -0.39 is 0 Å². The van der Waals surface area contributed by atoms with Gasteiger partial charge in [0.05, 0.1) is 0 Å². The van der Waals surface area contributed by atoms with Gasteiger partial charge < -0.3 is 0 Å². The number of hydrogen-bond donors (Lipinski definition) is 0. The Bertz CT molecular complexity index is 45.6. The molecule has 0 amide bonds. The predicted octanol–water partition coefficient (Wildman–Crippen LogP) is 1.20. The molecule has 1 heterocycles. The summed E-state index contributed by atoms with van der Waals surface area (Å²) in [5.74, 6) is 0. The van der Waals surface area contributed by atoms with Crippen molar-refractivity contribution in [3.63, 3.8) is 0 Å². The lowest BCUT2D eigenvalue weighted by Crippen LogP contribution is -1.56. The van der Waals surface area contributed by atoms with Crippen LogP contribution in [-0.2, 0) is 0 Å². The Balaban J connectivity index is 2.32. The average Bonchev–Trinajstić information content (AvgIpc) is 1.76. The Labute approximate surface area is 44.6 Å². The topological polar surface area (TPSA) is 0 Å². The highest BCUT2D eigenvalue weighted by molar-refractivity contribution is 8.87. The van der Waals surface area contributed by atoms with E-state index in [2.05, 4.69) is 10.3 Å². The molecular weight excluding hydrogens is 115 g/mol. The van der Waals surface area contributed by atoms with Crippen molar-refractivity contribution >= 4 is 34.0 Å². The van der Waals surface area contributed by atoms with Crippen molar-refractivity contribution in [3.8, 4) is 0 Å². The molecule has 0 radical (unpaired) electrons. The first kappa shape index (κ1) is 4.14. The molecule has 0 aliphatic carbocycles. The third-order valence-corrected chi connectivity index (χ3v) is 5.91. The van der Waals surface area contributed by atoms with Gasteiger partial charge in [-0.2, -0.15) is 9.16 Å². The van der Waals surface area contributed by atoms with Crippen molar-refractivity contribution < 1.29 is 0 Å². The van der Waals surface area contributed by atoms with Crippen molar-refractivity contribution in [1.82, 2.24) is 0 Å². The predicted molar refractivity (Wildman–Crippen MR) is 31.5 cm³/mol. The van der Waals surface area contributed by atoms with Crippen molar-refractivity contribution in [2.75, 3.05) is 0 Å². The van der Waals surface area contributed by atoms with Crippen molar-refractivity contribution in [3.05, 3.63) is 10.3 Å². The minimum atomic E-state index is 0.242. The SMILES string of the molecule is [CH]1=CS[S][AlH]1. The third-order valence-electron chi connectivity index (χ3n) is 0.384. The summed E-state index contributed by atoms with van der Waals surface area (Å²) >= 11 is 0.242. The summed E-state index contributed by atoms with van der Waals surface area (Å²) in [7, 11) is 3.89. The van der Waals surface area contributed by atoms with Crippen LogP contribution in [0.25, 0.3) is 0 Å². The van der Waals surface area contributed by atoms with Gasteiger partial charge in [-0.1, -0.05) is 10.8 Å². The largest absolute Gasteiger partial charge is 0.375 e. The molecule has 0 aromatic rings. The molecule has 0 saturated heterocycles. The molecule has 0 unspecified atom stereocenters. The van der Waals surface area contributed by atoms with Gasteiger partial charge in [0.1, 0.15) is 0 Å². The van der Waals surface area contributed by atoms with E-state index in [0.29, 0.717) is 0 Å². The van der Waals surface area contributed by atoms with Gasteiger partial charge in [0.2, 0.25) is 0 Å². The zero-order valence-electron chi connectivity index (χ0n) is 2.68. The van der Waals surface area contributed by atoms with E-state index in [4.69, 9.17) is 0 Å². The first-order valence-corrected chi connectivity index (χ1v) is 6.36. The van der Waals surface area contributed by atoms with Crippen LogP contribution in [0.1, 0.15) is 0 Å². The van der Waals surface area contributed by atoms with E-state index in [9.17, 15) is 0 Å². The Hall–Kier alpha value is 0.972. The molecular formula is C2H3AlS2. The fraction of sp³-hybridized carbons (Fsp3) is 0. The molecule has 0 bridgehead atoms. The van der Waals surface area contributed by atoms with E-state index in [1.807, 2.05) is 20.0 Å². The van der Waals surface area contributed by atoms with Gasteiger partial charge in [-0.15, -0.1) is 4.94 Å². The second-order valence-corrected chi connectivity index (χ2v) is 6.66. The van der Waals surface area contributed by atoms with Gasteiger partial charge >= 0.3 is 14.1 Å². The summed E-state index contributed by atoms with van der Waals surface area (Å²) in [6.45, 7) is 0. The zero-order valence-corrected chi connectivity index (χ0v) is 5.73. The number of hydrogen-bond acceptors (Lipinski definition) is 2. The van der Waals surface area contributed by atoms with E-state index in [0.717, 1.165) is 0 Å². The zero-order chi connectivity index (χ0) is 3.54. The van der Waals surface area contributed by atoms with Crippen LogP contribution in [-0.4, -0.2) is 14.1 Å². The lowest BCUT2D eigenvalue weighted by Gasteiger charge is -1.69. The van der Waals surface area contributed by atoms with Crippen LogP contribution >= 0.6 is 20.0 Å². The van der Waals surface area contributed by atoms with Gasteiger partial charge in [0.15, 0.2) is 0 Å². The smallest absolute Gasteiger partial charge is 0.190 e. The van der Waals surface area contributed by atoms with Crippen LogP contribution in [0.4, 0.5) is 0 Å². The molecule has 0 nitrogen and oxygen atoms in total. The van der Waals surface area contributed by atoms with Crippen LogP contribution in [0.2, 0.25) is 0 Å². The van der Waals surface area contributed by atoms with E-state index in [1.54, 1.807) is 0 Å². The Kier molecular flexibility index (Phi) is 1.82. The summed E-state index contributed by atoms with van der Waals surface area (Å²) in [5.41, 5.74) is 0. The maximum Gasteiger partial charge on any atom is 0.375 e. The van der Waals surface area contributed by atoms with E-state index in [1.165, 1.54) is 0 Å². The Morgan fingerprint density at radius 2 is 2.60 bits per heavy atom. The summed E-state index contributed by atoms with van der Waals surface area (Å²) in [4.78, 5) is 2.30. The monoisotopic (exact) mass is 118 g/mol. The molecule has 1 rings (SSSR count). The molecule has 26 valence electrons.